The van der Waals surface area contributed by atoms with Crippen molar-refractivity contribution in [2.75, 3.05) is 0 Å². The molecule has 0 aromatic carbocycles. The van der Waals surface area contributed by atoms with Gasteiger partial charge in [-0.05, 0) is 12.8 Å². The Morgan fingerprint density at radius 2 is 2.08 bits per heavy atom. The van der Waals surface area contributed by atoms with Crippen molar-refractivity contribution in [3.63, 3.8) is 0 Å². The van der Waals surface area contributed by atoms with Crippen LogP contribution in [-0.4, -0.2) is 11.8 Å². The predicted octanol–water partition coefficient (Wildman–Crippen LogP) is 0.921. The van der Waals surface area contributed by atoms with Gasteiger partial charge in [0.2, 0.25) is 0 Å². The molecule has 1 rings (SSSR count). The fourth-order valence-corrected chi connectivity index (χ4v) is 1.00. The summed E-state index contributed by atoms with van der Waals surface area (Å²) in [6, 6.07) is 0. The normalized spacial score (nSPS) is 15.2. The molecule has 0 spiro atoms. The van der Waals surface area contributed by atoms with Crippen LogP contribution in [0.15, 0.2) is 11.6 Å². The van der Waals surface area contributed by atoms with Crippen LogP contribution in [0.3, 0.4) is 0 Å². The summed E-state index contributed by atoms with van der Waals surface area (Å²) in [6.07, 6.45) is 4.11. The zero-order valence-electron chi connectivity index (χ0n) is 7.22. The minimum absolute atomic E-state index is 0. The first-order valence-electron chi connectivity index (χ1n) is 3.80. The smallest absolute Gasteiger partial charge is 0.254 e. The maximum atomic E-state index is 10.9. The first kappa shape index (κ1) is 10.8. The van der Waals surface area contributed by atoms with Crippen LogP contribution in [-0.2, 0) is 9.59 Å². The molecule has 2 amide bonds. The van der Waals surface area contributed by atoms with E-state index in [1.165, 1.54) is 6.08 Å². The van der Waals surface area contributed by atoms with Gasteiger partial charge in [-0.15, -0.1) is 0 Å². The van der Waals surface area contributed by atoms with Gasteiger partial charge in [-0.3, -0.25) is 14.9 Å². The molecule has 0 aromatic heterocycles. The molecule has 12 heavy (non-hydrogen) atoms. The van der Waals surface area contributed by atoms with Gasteiger partial charge in [0, 0.05) is 11.6 Å². The number of hydrogen-bond acceptors (Lipinski definition) is 3. The van der Waals surface area contributed by atoms with Crippen LogP contribution in [0, 0.1) is 0 Å². The molecule has 0 bridgehead atoms. The van der Waals surface area contributed by atoms with Gasteiger partial charge in [-0.1, -0.05) is 13.3 Å². The number of hydrogen-bond donors (Lipinski definition) is 2. The Hall–Kier alpha value is -1.16. The summed E-state index contributed by atoms with van der Waals surface area (Å²) in [4.78, 5) is 21.5. The summed E-state index contributed by atoms with van der Waals surface area (Å²) in [6.45, 7) is 2.05. The lowest BCUT2D eigenvalue weighted by Gasteiger charge is -1.95. The van der Waals surface area contributed by atoms with E-state index in [2.05, 4.69) is 12.2 Å². The van der Waals surface area contributed by atoms with Crippen molar-refractivity contribution in [1.82, 2.24) is 11.5 Å². The Bertz CT molecular complexity index is 221. The monoisotopic (exact) mass is 170 g/mol. The molecule has 1 heterocycles. The van der Waals surface area contributed by atoms with Crippen LogP contribution in [0.1, 0.15) is 26.2 Å². The Kier molecular flexibility index (Phi) is 4.21. The number of imide groups is 1. The molecule has 0 saturated heterocycles. The van der Waals surface area contributed by atoms with Gasteiger partial charge >= 0.3 is 0 Å². The largest absolute Gasteiger partial charge is 0.344 e. The van der Waals surface area contributed by atoms with E-state index in [1.54, 1.807) is 0 Å². The number of amides is 2. The minimum Gasteiger partial charge on any atom is -0.344 e. The molecular weight excluding hydrogens is 156 g/mol. The summed E-state index contributed by atoms with van der Waals surface area (Å²) in [7, 11) is 0. The van der Waals surface area contributed by atoms with E-state index in [9.17, 15) is 9.59 Å². The van der Waals surface area contributed by atoms with Gasteiger partial charge in [0.1, 0.15) is 0 Å². The molecule has 4 nitrogen and oxygen atoms in total. The Labute approximate surface area is 71.6 Å². The summed E-state index contributed by atoms with van der Waals surface area (Å²) in [5.74, 6) is -0.496. The second-order valence-electron chi connectivity index (χ2n) is 2.59. The van der Waals surface area contributed by atoms with Gasteiger partial charge in [0.25, 0.3) is 11.8 Å². The first-order valence-corrected chi connectivity index (χ1v) is 3.80. The third-order valence-electron chi connectivity index (χ3n) is 1.63. The van der Waals surface area contributed by atoms with Gasteiger partial charge in [-0.25, -0.2) is 0 Å². The Balaban J connectivity index is 0.00000121. The maximum absolute atomic E-state index is 10.9. The van der Waals surface area contributed by atoms with E-state index < -0.39 is 0 Å². The second kappa shape index (κ2) is 4.66. The van der Waals surface area contributed by atoms with Crippen molar-refractivity contribution in [3.8, 4) is 0 Å². The number of rotatable bonds is 3. The molecule has 0 radical (unpaired) electrons. The van der Waals surface area contributed by atoms with Gasteiger partial charge in [0.15, 0.2) is 0 Å². The predicted molar refractivity (Wildman–Crippen MR) is 45.8 cm³/mol. The molecule has 68 valence electrons. The van der Waals surface area contributed by atoms with E-state index in [4.69, 9.17) is 0 Å². The topological polar surface area (TPSA) is 81.2 Å². The molecule has 0 atom stereocenters. The molecule has 0 saturated carbocycles. The molecule has 0 aliphatic carbocycles. The van der Waals surface area contributed by atoms with Crippen LogP contribution < -0.4 is 11.5 Å². The zero-order chi connectivity index (χ0) is 8.27. The Morgan fingerprint density at radius 3 is 2.50 bits per heavy atom. The lowest BCUT2D eigenvalue weighted by Crippen LogP contribution is -2.22. The average molecular weight is 170 g/mol. The average Bonchev–Trinajstić information content (AvgIpc) is 2.26. The van der Waals surface area contributed by atoms with Gasteiger partial charge < -0.3 is 6.15 Å². The molecule has 0 fully saturated rings. The molecule has 1 aliphatic heterocycles. The molecule has 0 aromatic rings. The number of unbranched alkanes of at least 4 members (excludes halogenated alkanes) is 1. The highest BCUT2D eigenvalue weighted by atomic mass is 16.2. The highest BCUT2D eigenvalue weighted by molar-refractivity contribution is 6.16. The molecule has 1 aliphatic rings. The highest BCUT2D eigenvalue weighted by Gasteiger charge is 2.19. The van der Waals surface area contributed by atoms with Crippen molar-refractivity contribution in [1.29, 1.82) is 0 Å². The van der Waals surface area contributed by atoms with Crippen LogP contribution in [0.4, 0.5) is 0 Å². The lowest BCUT2D eigenvalue weighted by atomic mass is 10.1. The SMILES string of the molecule is CCCCC1=CC(=O)NC1=O.N. The minimum atomic E-state index is -0.277. The Morgan fingerprint density at radius 1 is 1.42 bits per heavy atom. The number of carbonyl (C=O) groups excluding carboxylic acids is 2. The van der Waals surface area contributed by atoms with E-state index >= 15 is 0 Å². The maximum Gasteiger partial charge on any atom is 0.254 e. The fraction of sp³-hybridized carbons (Fsp3) is 0.500. The van der Waals surface area contributed by atoms with E-state index in [0.29, 0.717) is 12.0 Å². The van der Waals surface area contributed by atoms with Crippen molar-refractivity contribution in [2.24, 2.45) is 0 Å². The van der Waals surface area contributed by atoms with E-state index in [1.807, 2.05) is 0 Å². The van der Waals surface area contributed by atoms with Crippen molar-refractivity contribution >= 4 is 11.8 Å². The van der Waals surface area contributed by atoms with Gasteiger partial charge in [-0.2, -0.15) is 0 Å². The van der Waals surface area contributed by atoms with E-state index in [0.717, 1.165) is 12.8 Å². The van der Waals surface area contributed by atoms with Crippen LogP contribution in [0.5, 0.6) is 0 Å². The summed E-state index contributed by atoms with van der Waals surface area (Å²) in [5, 5.41) is 2.21. The summed E-state index contributed by atoms with van der Waals surface area (Å²) >= 11 is 0. The fourth-order valence-electron chi connectivity index (χ4n) is 1.00. The first-order chi connectivity index (χ1) is 5.24. The van der Waals surface area contributed by atoms with Crippen LogP contribution >= 0.6 is 0 Å². The molecule has 4 N–H and O–H groups in total. The van der Waals surface area contributed by atoms with Gasteiger partial charge in [0.05, 0.1) is 0 Å². The second-order valence-corrected chi connectivity index (χ2v) is 2.59. The van der Waals surface area contributed by atoms with Crippen LogP contribution in [0.25, 0.3) is 0 Å². The van der Waals surface area contributed by atoms with Crippen molar-refractivity contribution in [2.45, 2.75) is 26.2 Å². The molecule has 0 unspecified atom stereocenters. The van der Waals surface area contributed by atoms with E-state index in [-0.39, 0.29) is 18.0 Å². The molecular formula is C8H14N2O2. The van der Waals surface area contributed by atoms with Crippen LogP contribution in [0.2, 0.25) is 0 Å². The number of nitrogens with one attached hydrogen (secondary N) is 1. The zero-order valence-corrected chi connectivity index (χ0v) is 7.22. The highest BCUT2D eigenvalue weighted by Crippen LogP contribution is 2.10. The summed E-state index contributed by atoms with van der Waals surface area (Å²) in [5.41, 5.74) is 0.622. The quantitative estimate of drug-likeness (QED) is 0.618. The standard InChI is InChI=1S/C8H11NO2.H3N/c1-2-3-4-6-5-7(10)9-8(6)11;/h5H,2-4H2,1H3,(H,9,10,11);1H3. The molecule has 4 heteroatoms. The number of carbonyl (C=O) groups is 2. The summed E-state index contributed by atoms with van der Waals surface area (Å²) < 4.78 is 0. The van der Waals surface area contributed by atoms with Crippen molar-refractivity contribution in [3.05, 3.63) is 11.6 Å². The third-order valence-corrected chi connectivity index (χ3v) is 1.63. The third kappa shape index (κ3) is 2.47. The lowest BCUT2D eigenvalue weighted by molar-refractivity contribution is -0.123. The van der Waals surface area contributed by atoms with Crippen molar-refractivity contribution < 1.29 is 9.59 Å².